The van der Waals surface area contributed by atoms with E-state index in [-0.39, 0.29) is 30.0 Å². The van der Waals surface area contributed by atoms with Gasteiger partial charge in [0.15, 0.2) is 5.96 Å². The first-order valence-corrected chi connectivity index (χ1v) is 9.06. The Morgan fingerprint density at radius 1 is 1.36 bits per heavy atom. The predicted molar refractivity (Wildman–Crippen MR) is 118 cm³/mol. The van der Waals surface area contributed by atoms with E-state index in [2.05, 4.69) is 54.4 Å². The molecule has 1 aromatic rings. The number of halogens is 2. The van der Waals surface area contributed by atoms with Crippen molar-refractivity contribution in [1.29, 1.82) is 0 Å². The minimum Gasteiger partial charge on any atom is -0.357 e. The van der Waals surface area contributed by atoms with Crippen LogP contribution >= 0.6 is 35.6 Å². The van der Waals surface area contributed by atoms with E-state index in [0.717, 1.165) is 49.3 Å². The van der Waals surface area contributed by atoms with Crippen LogP contribution in [0.3, 0.4) is 0 Å². The second-order valence-electron chi connectivity index (χ2n) is 6.54. The van der Waals surface area contributed by atoms with Crippen LogP contribution in [0, 0.1) is 0 Å². The number of nitrogens with zero attached hydrogens (tertiary/aromatic N) is 3. The van der Waals surface area contributed by atoms with Crippen LogP contribution < -0.4 is 10.6 Å². The number of rotatable bonds is 5. The molecule has 1 aliphatic heterocycles. The van der Waals surface area contributed by atoms with Gasteiger partial charge in [0, 0.05) is 37.2 Å². The Hall–Kier alpha value is -0.570. The van der Waals surface area contributed by atoms with E-state index in [4.69, 9.17) is 16.6 Å². The van der Waals surface area contributed by atoms with Gasteiger partial charge in [0.25, 0.3) is 0 Å². The number of guanidine groups is 1. The highest BCUT2D eigenvalue weighted by Crippen LogP contribution is 2.17. The number of nitrogens with one attached hydrogen (secondary N) is 2. The molecule has 2 N–H and O–H groups in total. The lowest BCUT2D eigenvalue weighted by Gasteiger charge is -2.37. The average Bonchev–Trinajstić information content (AvgIpc) is 2.55. The van der Waals surface area contributed by atoms with Gasteiger partial charge in [-0.3, -0.25) is 9.89 Å². The van der Waals surface area contributed by atoms with Crippen molar-refractivity contribution < 1.29 is 0 Å². The molecule has 2 rings (SSSR count). The quantitative estimate of drug-likeness (QED) is 0.387. The molecule has 142 valence electrons. The van der Waals surface area contributed by atoms with Crippen molar-refractivity contribution in [3.05, 3.63) is 34.9 Å². The highest BCUT2D eigenvalue weighted by Gasteiger charge is 2.21. The van der Waals surface area contributed by atoms with E-state index in [9.17, 15) is 0 Å². The maximum absolute atomic E-state index is 6.10. The van der Waals surface area contributed by atoms with Crippen molar-refractivity contribution >= 4 is 41.5 Å². The smallest absolute Gasteiger partial charge is 0.191 e. The highest BCUT2D eigenvalue weighted by molar-refractivity contribution is 14.0. The third-order valence-corrected chi connectivity index (χ3v) is 4.72. The minimum absolute atomic E-state index is 0. The molecule has 0 spiro atoms. The minimum atomic E-state index is 0. The molecule has 1 aliphatic rings. The Bertz CT molecular complexity index is 554. The SMILES string of the molecule is CCNC(=NCC1CN(C)CCN1C)NC(C)c1cccc(Cl)c1.I. The molecular weight excluding hydrogens is 449 g/mol. The molecule has 5 nitrogen and oxygen atoms in total. The number of aliphatic imine (C=N–C) groups is 1. The molecule has 7 heteroatoms. The van der Waals surface area contributed by atoms with Crippen molar-refractivity contribution in [1.82, 2.24) is 20.4 Å². The van der Waals surface area contributed by atoms with Crippen LogP contribution in [0.1, 0.15) is 25.5 Å². The van der Waals surface area contributed by atoms with Crippen LogP contribution in [-0.4, -0.2) is 68.6 Å². The zero-order chi connectivity index (χ0) is 17.5. The second kappa shape index (κ2) is 11.2. The summed E-state index contributed by atoms with van der Waals surface area (Å²) in [6.07, 6.45) is 0. The topological polar surface area (TPSA) is 42.9 Å². The van der Waals surface area contributed by atoms with Crippen LogP contribution in [0.25, 0.3) is 0 Å². The zero-order valence-corrected chi connectivity index (χ0v) is 18.7. The number of benzene rings is 1. The van der Waals surface area contributed by atoms with Crippen molar-refractivity contribution in [2.24, 2.45) is 4.99 Å². The lowest BCUT2D eigenvalue weighted by Crippen LogP contribution is -2.51. The first-order chi connectivity index (χ1) is 11.5. The zero-order valence-electron chi connectivity index (χ0n) is 15.6. The molecular formula is C18H31ClIN5. The van der Waals surface area contributed by atoms with Gasteiger partial charge in [-0.25, -0.2) is 0 Å². The Morgan fingerprint density at radius 3 is 2.80 bits per heavy atom. The van der Waals surface area contributed by atoms with Crippen molar-refractivity contribution in [3.63, 3.8) is 0 Å². The van der Waals surface area contributed by atoms with E-state index in [0.29, 0.717) is 6.04 Å². The van der Waals surface area contributed by atoms with Gasteiger partial charge in [-0.15, -0.1) is 24.0 Å². The molecule has 1 saturated heterocycles. The molecule has 0 aromatic heterocycles. The van der Waals surface area contributed by atoms with Gasteiger partial charge in [-0.1, -0.05) is 23.7 Å². The van der Waals surface area contributed by atoms with E-state index in [1.54, 1.807) is 0 Å². The van der Waals surface area contributed by atoms with Gasteiger partial charge < -0.3 is 15.5 Å². The van der Waals surface area contributed by atoms with Gasteiger partial charge in [0.2, 0.25) is 0 Å². The third-order valence-electron chi connectivity index (χ3n) is 4.49. The number of likely N-dealkylation sites (N-methyl/N-ethyl adjacent to an activating group) is 2. The monoisotopic (exact) mass is 479 g/mol. The lowest BCUT2D eigenvalue weighted by atomic mass is 10.1. The molecule has 0 aliphatic carbocycles. The molecule has 1 aromatic carbocycles. The van der Waals surface area contributed by atoms with E-state index < -0.39 is 0 Å². The van der Waals surface area contributed by atoms with Crippen molar-refractivity contribution in [2.75, 3.05) is 46.8 Å². The van der Waals surface area contributed by atoms with Crippen LogP contribution in [0.15, 0.2) is 29.3 Å². The Balaban J connectivity index is 0.00000312. The summed E-state index contributed by atoms with van der Waals surface area (Å²) in [4.78, 5) is 9.57. The van der Waals surface area contributed by atoms with Crippen LogP contribution in [0.2, 0.25) is 5.02 Å². The van der Waals surface area contributed by atoms with Gasteiger partial charge in [0.05, 0.1) is 12.6 Å². The fourth-order valence-electron chi connectivity index (χ4n) is 2.88. The summed E-state index contributed by atoms with van der Waals surface area (Å²) in [6, 6.07) is 8.55. The van der Waals surface area contributed by atoms with Gasteiger partial charge >= 0.3 is 0 Å². The molecule has 0 radical (unpaired) electrons. The van der Waals surface area contributed by atoms with Gasteiger partial charge in [-0.2, -0.15) is 0 Å². The van der Waals surface area contributed by atoms with E-state index in [1.165, 1.54) is 0 Å². The van der Waals surface area contributed by atoms with Crippen LogP contribution in [0.5, 0.6) is 0 Å². The fraction of sp³-hybridized carbons (Fsp3) is 0.611. The van der Waals surface area contributed by atoms with Crippen molar-refractivity contribution in [3.8, 4) is 0 Å². The van der Waals surface area contributed by atoms with Crippen LogP contribution in [0.4, 0.5) is 0 Å². The predicted octanol–water partition coefficient (Wildman–Crippen LogP) is 2.82. The number of piperazine rings is 1. The summed E-state index contributed by atoms with van der Waals surface area (Å²) in [5.74, 6) is 0.853. The molecule has 2 unspecified atom stereocenters. The Labute approximate surface area is 174 Å². The molecule has 1 heterocycles. The molecule has 25 heavy (non-hydrogen) atoms. The third kappa shape index (κ3) is 7.29. The summed E-state index contributed by atoms with van der Waals surface area (Å²) in [5, 5.41) is 7.57. The van der Waals surface area contributed by atoms with E-state index >= 15 is 0 Å². The largest absolute Gasteiger partial charge is 0.357 e. The first-order valence-electron chi connectivity index (χ1n) is 8.68. The fourth-order valence-corrected chi connectivity index (χ4v) is 3.08. The Kier molecular flexibility index (Phi) is 10.1. The lowest BCUT2D eigenvalue weighted by molar-refractivity contribution is 0.119. The van der Waals surface area contributed by atoms with Crippen LogP contribution in [-0.2, 0) is 0 Å². The molecule has 0 saturated carbocycles. The summed E-state index contributed by atoms with van der Waals surface area (Å²) >= 11 is 6.10. The molecule has 0 bridgehead atoms. The highest BCUT2D eigenvalue weighted by atomic mass is 127. The van der Waals surface area contributed by atoms with Gasteiger partial charge in [-0.05, 0) is 45.6 Å². The summed E-state index contributed by atoms with van der Waals surface area (Å²) in [6.45, 7) is 9.12. The first kappa shape index (κ1) is 22.5. The summed E-state index contributed by atoms with van der Waals surface area (Å²) in [5.41, 5.74) is 1.16. The van der Waals surface area contributed by atoms with Gasteiger partial charge in [0.1, 0.15) is 0 Å². The maximum atomic E-state index is 6.10. The maximum Gasteiger partial charge on any atom is 0.191 e. The molecule has 0 amide bonds. The van der Waals surface area contributed by atoms with E-state index in [1.807, 2.05) is 18.2 Å². The average molecular weight is 480 g/mol. The standard InChI is InChI=1S/C18H30ClN5.HI/c1-5-20-18(21-12-17-13-23(3)9-10-24(17)4)22-14(2)15-7-6-8-16(19)11-15;/h6-8,11,14,17H,5,9-10,12-13H2,1-4H3,(H2,20,21,22);1H. The second-order valence-corrected chi connectivity index (χ2v) is 6.97. The van der Waals surface area contributed by atoms with Crippen molar-refractivity contribution in [2.45, 2.75) is 25.9 Å². The molecule has 1 fully saturated rings. The normalized spacial score (nSPS) is 20.7. The Morgan fingerprint density at radius 2 is 2.12 bits per heavy atom. The number of hydrogen-bond donors (Lipinski definition) is 2. The molecule has 2 atom stereocenters. The summed E-state index contributed by atoms with van der Waals surface area (Å²) in [7, 11) is 4.36. The summed E-state index contributed by atoms with van der Waals surface area (Å²) < 4.78 is 0. The number of hydrogen-bond acceptors (Lipinski definition) is 3.